The predicted octanol–water partition coefficient (Wildman–Crippen LogP) is 0.698. The normalized spacial score (nSPS) is 16.1. The Morgan fingerprint density at radius 3 is 2.56 bits per heavy atom. The first-order valence-corrected chi connectivity index (χ1v) is 4.83. The summed E-state index contributed by atoms with van der Waals surface area (Å²) < 4.78 is 39.2. The van der Waals surface area contributed by atoms with Crippen LogP contribution in [-0.4, -0.2) is 33.0 Å². The molecule has 16 heavy (non-hydrogen) atoms. The molecule has 0 bridgehead atoms. The lowest BCUT2D eigenvalue weighted by molar-refractivity contribution is -0.255. The predicted molar refractivity (Wildman–Crippen MR) is 51.7 cm³/mol. The third-order valence-electron chi connectivity index (χ3n) is 2.46. The van der Waals surface area contributed by atoms with E-state index in [-0.39, 0.29) is 5.82 Å². The van der Waals surface area contributed by atoms with Crippen LogP contribution in [0.3, 0.4) is 0 Å². The molecule has 0 aromatic carbocycles. The third-order valence-corrected chi connectivity index (χ3v) is 2.46. The zero-order valence-electron chi connectivity index (χ0n) is 8.83. The van der Waals surface area contributed by atoms with Crippen LogP contribution in [-0.2, 0) is 13.0 Å². The fourth-order valence-corrected chi connectivity index (χ4v) is 1.34. The van der Waals surface area contributed by atoms with E-state index in [2.05, 4.69) is 4.98 Å². The molecule has 1 atom stereocenters. The fraction of sp³-hybridized carbons (Fsp3) is 0.667. The van der Waals surface area contributed by atoms with Crippen molar-refractivity contribution in [2.24, 2.45) is 5.73 Å². The number of aromatic nitrogens is 2. The van der Waals surface area contributed by atoms with Crippen molar-refractivity contribution in [1.82, 2.24) is 9.55 Å². The first-order valence-electron chi connectivity index (χ1n) is 4.83. The maximum Gasteiger partial charge on any atom is 0.418 e. The minimum atomic E-state index is -4.76. The Bertz CT molecular complexity index is 350. The summed E-state index contributed by atoms with van der Waals surface area (Å²) in [6.45, 7) is 1.39. The van der Waals surface area contributed by atoms with Crippen molar-refractivity contribution in [2.75, 3.05) is 6.54 Å². The van der Waals surface area contributed by atoms with E-state index in [1.807, 2.05) is 0 Å². The molecule has 4 nitrogen and oxygen atoms in total. The summed E-state index contributed by atoms with van der Waals surface area (Å²) in [7, 11) is 0. The van der Waals surface area contributed by atoms with Crippen LogP contribution in [0.5, 0.6) is 0 Å². The van der Waals surface area contributed by atoms with E-state index in [0.717, 1.165) is 0 Å². The Morgan fingerprint density at radius 2 is 2.12 bits per heavy atom. The van der Waals surface area contributed by atoms with E-state index >= 15 is 0 Å². The quantitative estimate of drug-likeness (QED) is 0.810. The minimum Gasteiger partial charge on any atom is -0.379 e. The number of rotatable bonds is 4. The van der Waals surface area contributed by atoms with Gasteiger partial charge in [0.15, 0.2) is 5.60 Å². The number of hydrogen-bond donors (Lipinski definition) is 2. The van der Waals surface area contributed by atoms with Gasteiger partial charge in [-0.15, -0.1) is 0 Å². The van der Waals surface area contributed by atoms with Gasteiger partial charge in [0.05, 0.1) is 0 Å². The average Bonchev–Trinajstić information content (AvgIpc) is 2.63. The van der Waals surface area contributed by atoms with Crippen molar-refractivity contribution in [2.45, 2.75) is 31.7 Å². The topological polar surface area (TPSA) is 64.1 Å². The molecule has 0 saturated carbocycles. The summed E-state index contributed by atoms with van der Waals surface area (Å²) in [6.07, 6.45) is -2.44. The van der Waals surface area contributed by atoms with Crippen molar-refractivity contribution in [3.05, 3.63) is 18.2 Å². The van der Waals surface area contributed by atoms with Crippen LogP contribution >= 0.6 is 0 Å². The molecule has 1 unspecified atom stereocenters. The molecule has 7 heteroatoms. The van der Waals surface area contributed by atoms with Gasteiger partial charge >= 0.3 is 6.18 Å². The fourth-order valence-electron chi connectivity index (χ4n) is 1.34. The second kappa shape index (κ2) is 4.42. The van der Waals surface area contributed by atoms with Crippen molar-refractivity contribution < 1.29 is 18.3 Å². The highest BCUT2D eigenvalue weighted by Crippen LogP contribution is 2.32. The number of aliphatic hydroxyl groups is 1. The van der Waals surface area contributed by atoms with E-state index in [1.54, 1.807) is 13.1 Å². The largest absolute Gasteiger partial charge is 0.418 e. The second-order valence-corrected chi connectivity index (χ2v) is 3.54. The molecule has 1 aromatic heterocycles. The van der Waals surface area contributed by atoms with Gasteiger partial charge in [0.1, 0.15) is 5.82 Å². The Hall–Kier alpha value is -1.08. The Labute approximate surface area is 90.9 Å². The van der Waals surface area contributed by atoms with Gasteiger partial charge < -0.3 is 15.4 Å². The molecule has 3 N–H and O–H groups in total. The lowest BCUT2D eigenvalue weighted by atomic mass is 9.99. The minimum absolute atomic E-state index is 0.174. The van der Waals surface area contributed by atoms with Gasteiger partial charge in [-0.1, -0.05) is 0 Å². The van der Waals surface area contributed by atoms with Gasteiger partial charge in [-0.3, -0.25) is 0 Å². The molecule has 0 saturated heterocycles. The molecule has 0 amide bonds. The van der Waals surface area contributed by atoms with Crippen molar-refractivity contribution >= 4 is 0 Å². The molecule has 92 valence electrons. The van der Waals surface area contributed by atoms with E-state index < -0.39 is 24.7 Å². The maximum absolute atomic E-state index is 12.6. The van der Waals surface area contributed by atoms with E-state index in [9.17, 15) is 18.3 Å². The Balaban J connectivity index is 2.94. The van der Waals surface area contributed by atoms with Crippen molar-refractivity contribution in [3.8, 4) is 0 Å². The molecule has 1 rings (SSSR count). The highest BCUT2D eigenvalue weighted by Gasteiger charge is 2.53. The number of alkyl halides is 3. The van der Waals surface area contributed by atoms with E-state index in [4.69, 9.17) is 5.73 Å². The molecule has 0 aliphatic carbocycles. The monoisotopic (exact) mass is 237 g/mol. The second-order valence-electron chi connectivity index (χ2n) is 3.54. The molecule has 0 fully saturated rings. The van der Waals surface area contributed by atoms with Crippen LogP contribution in [0.1, 0.15) is 12.7 Å². The van der Waals surface area contributed by atoms with Gasteiger partial charge in [-0.2, -0.15) is 13.2 Å². The zero-order valence-corrected chi connectivity index (χ0v) is 8.83. The summed E-state index contributed by atoms with van der Waals surface area (Å²) in [5, 5.41) is 9.44. The van der Waals surface area contributed by atoms with Crippen molar-refractivity contribution in [1.29, 1.82) is 0 Å². The average molecular weight is 237 g/mol. The molecule has 0 spiro atoms. The third kappa shape index (κ3) is 2.35. The van der Waals surface area contributed by atoms with Crippen LogP contribution in [0.4, 0.5) is 13.2 Å². The Kier molecular flexibility index (Phi) is 3.59. The number of nitrogens with two attached hydrogens (primary N) is 1. The van der Waals surface area contributed by atoms with Gasteiger partial charge in [-0.25, -0.2) is 4.98 Å². The lowest BCUT2D eigenvalue weighted by Crippen LogP contribution is -2.53. The summed E-state index contributed by atoms with van der Waals surface area (Å²) >= 11 is 0. The first-order chi connectivity index (χ1) is 7.34. The molecule has 0 aliphatic heterocycles. The molecule has 1 heterocycles. The van der Waals surface area contributed by atoms with Crippen LogP contribution in [0.15, 0.2) is 12.4 Å². The molecule has 0 aliphatic rings. The first kappa shape index (κ1) is 13.0. The zero-order chi connectivity index (χ0) is 12.4. The van der Waals surface area contributed by atoms with Gasteiger partial charge in [0.25, 0.3) is 0 Å². The highest BCUT2D eigenvalue weighted by molar-refractivity contribution is 5.02. The summed E-state index contributed by atoms with van der Waals surface area (Å²) in [6, 6.07) is 0. The molecule has 0 radical (unpaired) electrons. The SMILES string of the molecule is CCn1ccnc1CC(O)(CN)C(F)(F)F. The smallest absolute Gasteiger partial charge is 0.379 e. The van der Waals surface area contributed by atoms with Crippen LogP contribution in [0, 0.1) is 0 Å². The van der Waals surface area contributed by atoms with E-state index in [1.165, 1.54) is 10.8 Å². The summed E-state index contributed by atoms with van der Waals surface area (Å²) in [5.74, 6) is 0.174. The van der Waals surface area contributed by atoms with Crippen LogP contribution in [0.25, 0.3) is 0 Å². The number of aryl methyl sites for hydroxylation is 1. The van der Waals surface area contributed by atoms with Crippen LogP contribution < -0.4 is 5.73 Å². The molecule has 1 aromatic rings. The van der Waals surface area contributed by atoms with Crippen molar-refractivity contribution in [3.63, 3.8) is 0 Å². The summed E-state index contributed by atoms with van der Waals surface area (Å²) in [4.78, 5) is 3.78. The number of hydrogen-bond acceptors (Lipinski definition) is 3. The standard InChI is InChI=1S/C9H14F3N3O/c1-2-15-4-3-14-7(15)5-8(16,6-13)9(10,11)12/h3-4,16H,2,5-6,13H2,1H3. The number of nitrogens with zero attached hydrogens (tertiary/aromatic N) is 2. The van der Waals surface area contributed by atoms with E-state index in [0.29, 0.717) is 6.54 Å². The maximum atomic E-state index is 12.6. The lowest BCUT2D eigenvalue weighted by Gasteiger charge is -2.28. The van der Waals surface area contributed by atoms with Gasteiger partial charge in [0, 0.05) is 31.9 Å². The molecular weight excluding hydrogens is 223 g/mol. The molecular formula is C9H14F3N3O. The number of imidazole rings is 1. The highest BCUT2D eigenvalue weighted by atomic mass is 19.4. The van der Waals surface area contributed by atoms with Crippen LogP contribution in [0.2, 0.25) is 0 Å². The Morgan fingerprint density at radius 1 is 1.50 bits per heavy atom. The number of halogens is 3. The van der Waals surface area contributed by atoms with Gasteiger partial charge in [-0.05, 0) is 6.92 Å². The van der Waals surface area contributed by atoms with Gasteiger partial charge in [0.2, 0.25) is 0 Å². The summed E-state index contributed by atoms with van der Waals surface area (Å²) in [5.41, 5.74) is 2.08.